The second kappa shape index (κ2) is 10.2. The fourth-order valence-electron chi connectivity index (χ4n) is 3.85. The number of hydrogen-bond donors (Lipinski definition) is 2. The topological polar surface area (TPSA) is 98.8 Å². The molecule has 0 unspecified atom stereocenters. The maximum atomic E-state index is 14.9. The van der Waals surface area contributed by atoms with Crippen molar-refractivity contribution < 1.29 is 22.4 Å². The molecule has 186 valence electrons. The molecule has 35 heavy (non-hydrogen) atoms. The fraction of sp³-hybridized carbons (Fsp3) is 0.304. The summed E-state index contributed by atoms with van der Waals surface area (Å²) in [6, 6.07) is 9.51. The summed E-state index contributed by atoms with van der Waals surface area (Å²) in [7, 11) is -0.581. The summed E-state index contributed by atoms with van der Waals surface area (Å²) in [5, 5.41) is 4.17. The number of amides is 2. The van der Waals surface area contributed by atoms with Gasteiger partial charge in [0.1, 0.15) is 16.1 Å². The van der Waals surface area contributed by atoms with Crippen LogP contribution in [-0.2, 0) is 14.8 Å². The minimum Gasteiger partial charge on any atom is -0.340 e. The summed E-state index contributed by atoms with van der Waals surface area (Å²) >= 11 is 7.04. The van der Waals surface area contributed by atoms with Gasteiger partial charge in [-0.05, 0) is 55.3 Å². The van der Waals surface area contributed by atoms with Crippen molar-refractivity contribution in [1.29, 1.82) is 0 Å². The van der Waals surface area contributed by atoms with Crippen molar-refractivity contribution in [3.05, 3.63) is 58.9 Å². The number of thiophene rings is 1. The van der Waals surface area contributed by atoms with Gasteiger partial charge in [-0.25, -0.2) is 12.8 Å². The van der Waals surface area contributed by atoms with Gasteiger partial charge in [0.25, 0.3) is 15.9 Å². The summed E-state index contributed by atoms with van der Waals surface area (Å²) in [5.74, 6) is -1.62. The smallest absolute Gasteiger partial charge is 0.253 e. The molecule has 1 saturated heterocycles. The molecule has 8 nitrogen and oxygen atoms in total. The van der Waals surface area contributed by atoms with Crippen molar-refractivity contribution in [2.45, 2.75) is 16.7 Å². The lowest BCUT2D eigenvalue weighted by Gasteiger charge is -2.20. The predicted molar refractivity (Wildman–Crippen MR) is 135 cm³/mol. The number of anilines is 1. The van der Waals surface area contributed by atoms with Crippen LogP contribution >= 0.6 is 22.9 Å². The monoisotopic (exact) mass is 538 g/mol. The van der Waals surface area contributed by atoms with E-state index in [1.165, 1.54) is 28.0 Å². The SMILES string of the molecule is CNCCN(C)C(=O)c1ccc(N2CC[C@H](NS(=O)(=O)c3cc4ccc(Cl)cc4s3)C2=O)c(F)c1. The number of hydrogen-bond acceptors (Lipinski definition) is 6. The lowest BCUT2D eigenvalue weighted by Crippen LogP contribution is -2.41. The van der Waals surface area contributed by atoms with E-state index in [-0.39, 0.29) is 34.3 Å². The van der Waals surface area contributed by atoms with Gasteiger partial charge in [-0.2, -0.15) is 4.72 Å². The fourth-order valence-corrected chi connectivity index (χ4v) is 6.76. The van der Waals surface area contributed by atoms with Crippen LogP contribution in [0.4, 0.5) is 10.1 Å². The molecule has 1 fully saturated rings. The zero-order chi connectivity index (χ0) is 25.3. The summed E-state index contributed by atoms with van der Waals surface area (Å²) in [4.78, 5) is 28.1. The lowest BCUT2D eigenvalue weighted by molar-refractivity contribution is -0.118. The van der Waals surface area contributed by atoms with Gasteiger partial charge < -0.3 is 15.1 Å². The number of benzene rings is 2. The highest BCUT2D eigenvalue weighted by Crippen LogP contribution is 2.32. The van der Waals surface area contributed by atoms with Crippen LogP contribution < -0.4 is 14.9 Å². The van der Waals surface area contributed by atoms with E-state index in [9.17, 15) is 22.4 Å². The van der Waals surface area contributed by atoms with Crippen molar-refractivity contribution in [2.75, 3.05) is 38.6 Å². The molecule has 2 heterocycles. The molecule has 4 rings (SSSR count). The number of carbonyl (C=O) groups is 2. The van der Waals surface area contributed by atoms with Crippen LogP contribution in [0.15, 0.2) is 46.7 Å². The maximum Gasteiger partial charge on any atom is 0.253 e. The van der Waals surface area contributed by atoms with Crippen LogP contribution in [0.2, 0.25) is 5.02 Å². The van der Waals surface area contributed by atoms with Gasteiger partial charge >= 0.3 is 0 Å². The van der Waals surface area contributed by atoms with Crippen LogP contribution in [0.25, 0.3) is 10.1 Å². The van der Waals surface area contributed by atoms with Gasteiger partial charge in [0, 0.05) is 42.0 Å². The van der Waals surface area contributed by atoms with Crippen molar-refractivity contribution in [1.82, 2.24) is 14.9 Å². The molecule has 12 heteroatoms. The van der Waals surface area contributed by atoms with Crippen LogP contribution in [0.3, 0.4) is 0 Å². The molecule has 1 aromatic heterocycles. The number of sulfonamides is 1. The highest BCUT2D eigenvalue weighted by molar-refractivity contribution is 7.91. The third-order valence-electron chi connectivity index (χ3n) is 5.76. The Morgan fingerprint density at radius 3 is 2.74 bits per heavy atom. The van der Waals surface area contributed by atoms with E-state index < -0.39 is 27.8 Å². The average molecular weight is 539 g/mol. The number of fused-ring (bicyclic) bond motifs is 1. The molecular weight excluding hydrogens is 515 g/mol. The zero-order valence-corrected chi connectivity index (χ0v) is 21.4. The minimum absolute atomic E-state index is 0.00244. The van der Waals surface area contributed by atoms with Gasteiger partial charge in [0.2, 0.25) is 5.91 Å². The Morgan fingerprint density at radius 2 is 2.03 bits per heavy atom. The van der Waals surface area contributed by atoms with Gasteiger partial charge in [-0.1, -0.05) is 17.7 Å². The largest absolute Gasteiger partial charge is 0.340 e. The molecule has 0 radical (unpaired) electrons. The summed E-state index contributed by atoms with van der Waals surface area (Å²) in [6.07, 6.45) is 0.182. The lowest BCUT2D eigenvalue weighted by atomic mass is 10.1. The predicted octanol–water partition coefficient (Wildman–Crippen LogP) is 3.07. The molecule has 0 bridgehead atoms. The standard InChI is InChI=1S/C23H24ClFN4O4S2/c1-26-8-10-28(2)22(30)15-4-6-19(17(25)11-15)29-9-7-18(23(29)31)27-35(32,33)21-12-14-3-5-16(24)13-20(14)34-21/h3-6,11-13,18,26-27H,7-10H2,1-2H3/t18-/m0/s1. The van der Waals surface area contributed by atoms with Gasteiger partial charge in [0.15, 0.2) is 0 Å². The van der Waals surface area contributed by atoms with Crippen molar-refractivity contribution >= 4 is 60.5 Å². The molecule has 2 N–H and O–H groups in total. The van der Waals surface area contributed by atoms with Crippen LogP contribution in [0.1, 0.15) is 16.8 Å². The van der Waals surface area contributed by atoms with E-state index in [2.05, 4.69) is 10.0 Å². The van der Waals surface area contributed by atoms with E-state index in [0.717, 1.165) is 22.8 Å². The zero-order valence-electron chi connectivity index (χ0n) is 19.0. The average Bonchev–Trinajstić information content (AvgIpc) is 3.40. The Kier molecular flexibility index (Phi) is 7.43. The first-order chi connectivity index (χ1) is 16.6. The van der Waals surface area contributed by atoms with E-state index in [1.807, 2.05) is 0 Å². The number of rotatable bonds is 8. The van der Waals surface area contributed by atoms with Crippen molar-refractivity contribution in [3.8, 4) is 0 Å². The summed E-state index contributed by atoms with van der Waals surface area (Å²) in [5.41, 5.74) is 0.168. The first-order valence-electron chi connectivity index (χ1n) is 10.8. The van der Waals surface area contributed by atoms with Gasteiger partial charge in [-0.15, -0.1) is 11.3 Å². The number of nitrogens with one attached hydrogen (secondary N) is 2. The molecule has 3 aromatic rings. The summed E-state index contributed by atoms with van der Waals surface area (Å²) in [6.45, 7) is 1.19. The quantitative estimate of drug-likeness (QED) is 0.459. The van der Waals surface area contributed by atoms with E-state index in [0.29, 0.717) is 22.8 Å². The van der Waals surface area contributed by atoms with Crippen LogP contribution in [-0.4, -0.2) is 64.9 Å². The third-order valence-corrected chi connectivity index (χ3v) is 9.03. The number of halogens is 2. The van der Waals surface area contributed by atoms with E-state index >= 15 is 0 Å². The molecular formula is C23H24ClFN4O4S2. The molecule has 1 atom stereocenters. The number of likely N-dealkylation sites (N-methyl/N-ethyl adjacent to an activating group) is 2. The Balaban J connectivity index is 1.48. The first kappa shape index (κ1) is 25.5. The van der Waals surface area contributed by atoms with Gasteiger partial charge in [-0.3, -0.25) is 9.59 Å². The minimum atomic E-state index is -3.97. The first-order valence-corrected chi connectivity index (χ1v) is 13.5. The van der Waals surface area contributed by atoms with Crippen molar-refractivity contribution in [2.24, 2.45) is 0 Å². The molecule has 0 saturated carbocycles. The number of nitrogens with zero attached hydrogens (tertiary/aromatic N) is 2. The highest BCUT2D eigenvalue weighted by Gasteiger charge is 2.37. The van der Waals surface area contributed by atoms with Crippen LogP contribution in [0, 0.1) is 5.82 Å². The van der Waals surface area contributed by atoms with Crippen LogP contribution in [0.5, 0.6) is 0 Å². The molecule has 1 aliphatic rings. The highest BCUT2D eigenvalue weighted by atomic mass is 35.5. The number of carbonyl (C=O) groups excluding carboxylic acids is 2. The molecule has 0 spiro atoms. The molecule has 0 aliphatic carbocycles. The second-order valence-corrected chi connectivity index (χ2v) is 11.7. The Bertz CT molecular complexity index is 1400. The van der Waals surface area contributed by atoms with Gasteiger partial charge in [0.05, 0.1) is 5.69 Å². The Hall–Kier alpha value is -2.57. The second-order valence-electron chi connectivity index (χ2n) is 8.20. The third kappa shape index (κ3) is 5.34. The normalized spacial score (nSPS) is 16.3. The van der Waals surface area contributed by atoms with E-state index in [1.54, 1.807) is 32.3 Å². The Labute approximate surface area is 211 Å². The summed E-state index contributed by atoms with van der Waals surface area (Å²) < 4.78 is 44.0. The maximum absolute atomic E-state index is 14.9. The molecule has 2 amide bonds. The van der Waals surface area contributed by atoms with Crippen molar-refractivity contribution in [3.63, 3.8) is 0 Å². The Morgan fingerprint density at radius 1 is 1.26 bits per heavy atom. The molecule has 2 aromatic carbocycles. The van der Waals surface area contributed by atoms with E-state index in [4.69, 9.17) is 11.6 Å². The molecule has 1 aliphatic heterocycles.